The molecular weight excluding hydrogens is 1060 g/mol. The van der Waals surface area contributed by atoms with Crippen molar-refractivity contribution >= 4 is 11.9 Å². The van der Waals surface area contributed by atoms with Crippen LogP contribution in [-0.2, 0) is 23.8 Å². The second-order valence-electron chi connectivity index (χ2n) is 26.0. The number of nitrogens with one attached hydrogen (secondary N) is 1. The number of aliphatic hydroxyl groups is 5. The summed E-state index contributed by atoms with van der Waals surface area (Å²) in [5, 5.41) is 54.3. The van der Waals surface area contributed by atoms with Gasteiger partial charge in [0.25, 0.3) is 0 Å². The van der Waals surface area contributed by atoms with Crippen molar-refractivity contribution < 1.29 is 49.3 Å². The van der Waals surface area contributed by atoms with Gasteiger partial charge in [-0.3, -0.25) is 9.59 Å². The molecule has 0 aromatic carbocycles. The molecule has 1 rings (SSSR count). The Labute approximate surface area is 524 Å². The van der Waals surface area contributed by atoms with Crippen LogP contribution in [0.25, 0.3) is 0 Å². The molecule has 0 aliphatic carbocycles. The van der Waals surface area contributed by atoms with Crippen molar-refractivity contribution in [2.45, 2.75) is 416 Å². The molecule has 11 nitrogen and oxygen atoms in total. The minimum Gasteiger partial charge on any atom is -0.466 e. The van der Waals surface area contributed by atoms with Crippen LogP contribution in [0.5, 0.6) is 0 Å². The lowest BCUT2D eigenvalue weighted by Crippen LogP contribution is -2.60. The summed E-state index contributed by atoms with van der Waals surface area (Å²) in [5.74, 6) is -0.170. The van der Waals surface area contributed by atoms with Gasteiger partial charge in [-0.25, -0.2) is 0 Å². The molecule has 0 saturated carbocycles. The van der Waals surface area contributed by atoms with Crippen LogP contribution >= 0.6 is 0 Å². The first-order valence-electron chi connectivity index (χ1n) is 37.1. The lowest BCUT2D eigenvalue weighted by Gasteiger charge is -2.40. The molecule has 0 aromatic heterocycles. The van der Waals surface area contributed by atoms with E-state index < -0.39 is 49.5 Å². The molecule has 502 valence electrons. The predicted molar refractivity (Wildman–Crippen MR) is 357 cm³/mol. The fourth-order valence-corrected chi connectivity index (χ4v) is 12.0. The monoisotopic (exact) mass is 1200 g/mol. The summed E-state index contributed by atoms with van der Waals surface area (Å²) < 4.78 is 16.7. The predicted octanol–water partition coefficient (Wildman–Crippen LogP) is 19.2. The van der Waals surface area contributed by atoms with Crippen LogP contribution < -0.4 is 5.32 Å². The summed E-state index contributed by atoms with van der Waals surface area (Å²) in [7, 11) is 0. The van der Waals surface area contributed by atoms with Crippen LogP contribution in [0.15, 0.2) is 24.3 Å². The Hall–Kier alpha value is -1.86. The average molecular weight is 1200 g/mol. The number of ether oxygens (including phenoxy) is 3. The number of unbranched alkanes of at least 4 members (excludes halogenated alkanes) is 50. The van der Waals surface area contributed by atoms with Crippen LogP contribution in [0.2, 0.25) is 0 Å². The highest BCUT2D eigenvalue weighted by Crippen LogP contribution is 2.24. The Morgan fingerprint density at radius 3 is 1.16 bits per heavy atom. The zero-order valence-corrected chi connectivity index (χ0v) is 55.8. The maximum atomic E-state index is 13.0. The van der Waals surface area contributed by atoms with Crippen LogP contribution in [0, 0.1) is 0 Å². The van der Waals surface area contributed by atoms with Crippen molar-refractivity contribution in [1.82, 2.24) is 5.32 Å². The van der Waals surface area contributed by atoms with E-state index in [1.807, 2.05) is 6.08 Å². The highest BCUT2D eigenvalue weighted by atomic mass is 16.7. The summed E-state index contributed by atoms with van der Waals surface area (Å²) in [5.41, 5.74) is 0. The molecule has 7 unspecified atom stereocenters. The van der Waals surface area contributed by atoms with Gasteiger partial charge in [-0.05, 0) is 44.9 Å². The van der Waals surface area contributed by atoms with E-state index in [9.17, 15) is 35.1 Å². The third kappa shape index (κ3) is 52.6. The second kappa shape index (κ2) is 63.7. The lowest BCUT2D eigenvalue weighted by molar-refractivity contribution is -0.302. The van der Waals surface area contributed by atoms with Gasteiger partial charge < -0.3 is 45.1 Å². The smallest absolute Gasteiger partial charge is 0.305 e. The van der Waals surface area contributed by atoms with E-state index in [4.69, 9.17) is 14.2 Å². The van der Waals surface area contributed by atoms with E-state index in [1.165, 1.54) is 295 Å². The third-order valence-electron chi connectivity index (χ3n) is 17.8. The van der Waals surface area contributed by atoms with E-state index in [0.29, 0.717) is 19.4 Å². The van der Waals surface area contributed by atoms with Crippen molar-refractivity contribution in [3.63, 3.8) is 0 Å². The molecule has 1 aliphatic heterocycles. The Morgan fingerprint density at radius 2 is 0.765 bits per heavy atom. The topological polar surface area (TPSA) is 175 Å². The molecule has 1 saturated heterocycles. The first kappa shape index (κ1) is 81.2. The molecule has 1 fully saturated rings. The highest BCUT2D eigenvalue weighted by Gasteiger charge is 2.44. The number of aliphatic hydroxyl groups excluding tert-OH is 5. The van der Waals surface area contributed by atoms with Crippen molar-refractivity contribution in [3.05, 3.63) is 24.3 Å². The first-order chi connectivity index (χ1) is 41.7. The summed E-state index contributed by atoms with van der Waals surface area (Å²) in [6.07, 6.45) is 70.7. The lowest BCUT2D eigenvalue weighted by atomic mass is 9.99. The average Bonchev–Trinajstić information content (AvgIpc) is 3.31. The van der Waals surface area contributed by atoms with Crippen molar-refractivity contribution in [2.75, 3.05) is 19.8 Å². The largest absolute Gasteiger partial charge is 0.466 e. The normalized spacial score (nSPS) is 18.0. The van der Waals surface area contributed by atoms with Crippen LogP contribution in [0.4, 0.5) is 0 Å². The molecule has 11 heteroatoms. The van der Waals surface area contributed by atoms with Gasteiger partial charge in [0.15, 0.2) is 6.29 Å². The van der Waals surface area contributed by atoms with E-state index in [1.54, 1.807) is 6.08 Å². The molecule has 85 heavy (non-hydrogen) atoms. The molecule has 0 bridgehead atoms. The number of allylic oxidation sites excluding steroid dienone is 3. The first-order valence-corrected chi connectivity index (χ1v) is 37.1. The number of rotatable bonds is 66. The molecule has 7 atom stereocenters. The van der Waals surface area contributed by atoms with E-state index >= 15 is 0 Å². The standard InChI is InChI=1S/C74H141NO10/c1-3-5-7-9-11-13-15-42-46-50-54-58-62-70(79)83-63-59-55-51-47-43-40-38-36-34-32-30-28-26-24-22-20-18-16-17-19-21-23-25-27-29-31-33-35-37-39-41-45-49-53-57-61-69(78)75-66(65-84-74-73(82)72(81)71(80)68(64-76)85-74)67(77)60-56-52-48-44-14-12-10-8-6-4-2/h14,44,56,60,66-68,71-74,76-77,80-82H,3-13,15-43,45-55,57-59,61-65H2,1-2H3,(H,75,78)/b44-14+,60-56+. The van der Waals surface area contributed by atoms with Crippen molar-refractivity contribution in [3.8, 4) is 0 Å². The van der Waals surface area contributed by atoms with Gasteiger partial charge in [0, 0.05) is 12.8 Å². The maximum absolute atomic E-state index is 13.0. The van der Waals surface area contributed by atoms with Gasteiger partial charge in [0.2, 0.25) is 5.91 Å². The minimum atomic E-state index is -1.57. The zero-order chi connectivity index (χ0) is 61.6. The van der Waals surface area contributed by atoms with Gasteiger partial charge in [-0.1, -0.05) is 340 Å². The maximum Gasteiger partial charge on any atom is 0.305 e. The van der Waals surface area contributed by atoms with E-state index in [-0.39, 0.29) is 18.5 Å². The summed E-state index contributed by atoms with van der Waals surface area (Å²) >= 11 is 0. The molecule has 0 radical (unpaired) electrons. The molecule has 1 amide bonds. The Kier molecular flexibility index (Phi) is 60.8. The number of hydrogen-bond donors (Lipinski definition) is 6. The Morgan fingerprint density at radius 1 is 0.424 bits per heavy atom. The number of carbonyl (C=O) groups is 2. The fourth-order valence-electron chi connectivity index (χ4n) is 12.0. The van der Waals surface area contributed by atoms with Gasteiger partial charge in [-0.15, -0.1) is 0 Å². The van der Waals surface area contributed by atoms with Crippen LogP contribution in [0.3, 0.4) is 0 Å². The van der Waals surface area contributed by atoms with Crippen LogP contribution in [-0.4, -0.2) is 100 Å². The molecule has 0 spiro atoms. The number of esters is 1. The number of amides is 1. The van der Waals surface area contributed by atoms with Gasteiger partial charge in [0.1, 0.15) is 24.4 Å². The SMILES string of the molecule is CCCCCC/C=C/CC/C=C/C(O)C(COC1OC(CO)C(O)C(O)C1O)NC(=O)CCCCCCCCCCCCCCCCCCCCCCCCCCCCCCCCCCCCCOC(=O)CCCCCCCCCCCCCC. The van der Waals surface area contributed by atoms with Gasteiger partial charge in [0.05, 0.1) is 32.0 Å². The Balaban J connectivity index is 1.88. The highest BCUT2D eigenvalue weighted by molar-refractivity contribution is 5.76. The number of carbonyl (C=O) groups excluding carboxylic acids is 2. The van der Waals surface area contributed by atoms with Crippen molar-refractivity contribution in [1.29, 1.82) is 0 Å². The molecule has 0 aromatic rings. The van der Waals surface area contributed by atoms with E-state index in [2.05, 4.69) is 31.3 Å². The molecule has 6 N–H and O–H groups in total. The minimum absolute atomic E-state index is 0.0170. The van der Waals surface area contributed by atoms with E-state index in [0.717, 1.165) is 51.4 Å². The zero-order valence-electron chi connectivity index (χ0n) is 55.8. The number of hydrogen-bond acceptors (Lipinski definition) is 10. The molecule has 1 heterocycles. The third-order valence-corrected chi connectivity index (χ3v) is 17.8. The fraction of sp³-hybridized carbons (Fsp3) is 0.919. The molecular formula is C74H141NO10. The van der Waals surface area contributed by atoms with Crippen molar-refractivity contribution in [2.24, 2.45) is 0 Å². The Bertz CT molecular complexity index is 1460. The second-order valence-corrected chi connectivity index (χ2v) is 26.0. The molecule has 1 aliphatic rings. The van der Waals surface area contributed by atoms with Gasteiger partial charge >= 0.3 is 5.97 Å². The van der Waals surface area contributed by atoms with Crippen LogP contribution in [0.1, 0.15) is 373 Å². The quantitative estimate of drug-likeness (QED) is 0.0195. The summed E-state index contributed by atoms with van der Waals surface area (Å²) in [6, 6.07) is -0.822. The summed E-state index contributed by atoms with van der Waals surface area (Å²) in [4.78, 5) is 25.1. The van der Waals surface area contributed by atoms with Gasteiger partial charge in [-0.2, -0.15) is 0 Å². The summed E-state index contributed by atoms with van der Waals surface area (Å²) in [6.45, 7) is 4.34.